The summed E-state index contributed by atoms with van der Waals surface area (Å²) >= 11 is 6.05. The predicted molar refractivity (Wildman–Crippen MR) is 113 cm³/mol. The van der Waals surface area contributed by atoms with E-state index >= 15 is 0 Å². The van der Waals surface area contributed by atoms with E-state index in [0.29, 0.717) is 28.6 Å². The van der Waals surface area contributed by atoms with Crippen LogP contribution in [0.1, 0.15) is 31.9 Å². The minimum absolute atomic E-state index is 0.109. The Hall–Kier alpha value is -2.92. The molecule has 0 aliphatic heterocycles. The first-order chi connectivity index (χ1) is 13.3. The SMILES string of the molecule is CC(C)(C)c1ccc(Cn2cnc3nc(-c4cccc(Cl)c4)[nH]c(=O)c32)cc1. The van der Waals surface area contributed by atoms with Gasteiger partial charge in [-0.15, -0.1) is 0 Å². The van der Waals surface area contributed by atoms with Crippen molar-refractivity contribution in [2.45, 2.75) is 32.7 Å². The molecule has 2 aromatic carbocycles. The number of imidazole rings is 1. The van der Waals surface area contributed by atoms with Crippen molar-refractivity contribution in [2.24, 2.45) is 0 Å². The molecule has 4 aromatic rings. The molecule has 0 aliphatic rings. The predicted octanol–water partition coefficient (Wildman–Crippen LogP) is 4.79. The Morgan fingerprint density at radius 1 is 1.11 bits per heavy atom. The number of hydrogen-bond acceptors (Lipinski definition) is 3. The first-order valence-corrected chi connectivity index (χ1v) is 9.49. The maximum absolute atomic E-state index is 12.7. The van der Waals surface area contributed by atoms with E-state index in [4.69, 9.17) is 11.6 Å². The van der Waals surface area contributed by atoms with Crippen molar-refractivity contribution in [3.05, 3.63) is 81.4 Å². The monoisotopic (exact) mass is 392 g/mol. The fourth-order valence-electron chi connectivity index (χ4n) is 3.19. The highest BCUT2D eigenvalue weighted by atomic mass is 35.5. The lowest BCUT2D eigenvalue weighted by atomic mass is 9.87. The van der Waals surface area contributed by atoms with Gasteiger partial charge >= 0.3 is 0 Å². The normalized spacial score (nSPS) is 11.9. The summed E-state index contributed by atoms with van der Waals surface area (Å²) in [6.45, 7) is 7.12. The molecule has 6 heteroatoms. The number of aromatic amines is 1. The molecule has 2 heterocycles. The molecular weight excluding hydrogens is 372 g/mol. The van der Waals surface area contributed by atoms with E-state index in [1.54, 1.807) is 18.5 Å². The molecule has 0 unspecified atom stereocenters. The third-order valence-electron chi connectivity index (χ3n) is 4.75. The summed E-state index contributed by atoms with van der Waals surface area (Å²) in [5, 5.41) is 0.587. The van der Waals surface area contributed by atoms with Gasteiger partial charge in [0.15, 0.2) is 11.2 Å². The van der Waals surface area contributed by atoms with Crippen LogP contribution in [0.4, 0.5) is 0 Å². The van der Waals surface area contributed by atoms with Crippen molar-refractivity contribution >= 4 is 22.8 Å². The van der Waals surface area contributed by atoms with Gasteiger partial charge in [0.05, 0.1) is 6.33 Å². The Morgan fingerprint density at radius 2 is 1.86 bits per heavy atom. The second kappa shape index (κ2) is 6.91. The van der Waals surface area contributed by atoms with Gasteiger partial charge in [-0.05, 0) is 28.7 Å². The molecule has 0 aliphatic carbocycles. The van der Waals surface area contributed by atoms with Crippen molar-refractivity contribution in [3.63, 3.8) is 0 Å². The number of fused-ring (bicyclic) bond motifs is 1. The fourth-order valence-corrected chi connectivity index (χ4v) is 3.38. The zero-order valence-electron chi connectivity index (χ0n) is 16.0. The van der Waals surface area contributed by atoms with Crippen LogP contribution in [0, 0.1) is 0 Å². The number of nitrogens with zero attached hydrogens (tertiary/aromatic N) is 3. The molecule has 4 rings (SSSR count). The van der Waals surface area contributed by atoms with E-state index in [1.807, 2.05) is 16.7 Å². The summed E-state index contributed by atoms with van der Waals surface area (Å²) in [5.74, 6) is 0.458. The highest BCUT2D eigenvalue weighted by molar-refractivity contribution is 6.30. The molecule has 0 saturated heterocycles. The Balaban J connectivity index is 1.69. The van der Waals surface area contributed by atoms with Crippen LogP contribution < -0.4 is 5.56 Å². The lowest BCUT2D eigenvalue weighted by Gasteiger charge is -2.19. The van der Waals surface area contributed by atoms with Gasteiger partial charge < -0.3 is 9.55 Å². The van der Waals surface area contributed by atoms with Crippen molar-refractivity contribution in [2.75, 3.05) is 0 Å². The summed E-state index contributed by atoms with van der Waals surface area (Å²) in [6.07, 6.45) is 1.66. The van der Waals surface area contributed by atoms with E-state index in [-0.39, 0.29) is 11.0 Å². The number of nitrogens with one attached hydrogen (secondary N) is 1. The van der Waals surface area contributed by atoms with E-state index in [9.17, 15) is 4.79 Å². The van der Waals surface area contributed by atoms with Crippen LogP contribution in [0.2, 0.25) is 5.02 Å². The molecule has 5 nitrogen and oxygen atoms in total. The van der Waals surface area contributed by atoms with Crippen LogP contribution in [-0.2, 0) is 12.0 Å². The molecule has 0 amide bonds. The molecule has 1 N–H and O–H groups in total. The lowest BCUT2D eigenvalue weighted by Crippen LogP contribution is -2.14. The second-order valence-corrected chi connectivity index (χ2v) is 8.35. The molecule has 0 atom stereocenters. The maximum atomic E-state index is 12.7. The van der Waals surface area contributed by atoms with Gasteiger partial charge in [-0.3, -0.25) is 4.79 Å². The number of aromatic nitrogens is 4. The standard InChI is InChI=1S/C22H21ClN4O/c1-22(2,3)16-9-7-14(8-10-16)12-27-13-24-20-18(27)21(28)26-19(25-20)15-5-4-6-17(23)11-15/h4-11,13H,12H2,1-3H3,(H,25,26,28). The molecule has 0 fully saturated rings. The molecule has 142 valence electrons. The third-order valence-corrected chi connectivity index (χ3v) is 4.99. The minimum atomic E-state index is -0.219. The number of hydrogen-bond donors (Lipinski definition) is 1. The zero-order valence-corrected chi connectivity index (χ0v) is 16.8. The molecule has 0 bridgehead atoms. The Labute approximate surface area is 168 Å². The van der Waals surface area contributed by atoms with Gasteiger partial charge in [0.1, 0.15) is 5.82 Å². The number of benzene rings is 2. The van der Waals surface area contributed by atoms with Crippen LogP contribution in [0.3, 0.4) is 0 Å². The lowest BCUT2D eigenvalue weighted by molar-refractivity contribution is 0.590. The van der Waals surface area contributed by atoms with Gasteiger partial charge in [0.25, 0.3) is 5.56 Å². The highest BCUT2D eigenvalue weighted by Crippen LogP contribution is 2.23. The summed E-state index contributed by atoms with van der Waals surface area (Å²) in [6, 6.07) is 15.7. The largest absolute Gasteiger partial charge is 0.320 e. The maximum Gasteiger partial charge on any atom is 0.277 e. The number of H-pyrrole nitrogens is 1. The van der Waals surface area contributed by atoms with Gasteiger partial charge in [-0.2, -0.15) is 0 Å². The molecule has 0 saturated carbocycles. The van der Waals surface area contributed by atoms with Crippen LogP contribution >= 0.6 is 11.6 Å². The smallest absolute Gasteiger partial charge is 0.277 e. The number of rotatable bonds is 3. The first kappa shape index (κ1) is 18.4. The van der Waals surface area contributed by atoms with E-state index in [1.165, 1.54) is 5.56 Å². The van der Waals surface area contributed by atoms with Crippen molar-refractivity contribution in [1.82, 2.24) is 19.5 Å². The first-order valence-electron chi connectivity index (χ1n) is 9.12. The summed E-state index contributed by atoms with van der Waals surface area (Å²) < 4.78 is 1.83. The summed E-state index contributed by atoms with van der Waals surface area (Å²) in [5.41, 5.74) is 3.90. The van der Waals surface area contributed by atoms with E-state index in [2.05, 4.69) is 60.0 Å². The van der Waals surface area contributed by atoms with Gasteiger partial charge in [0, 0.05) is 17.1 Å². The Bertz CT molecular complexity index is 1200. The van der Waals surface area contributed by atoms with Crippen LogP contribution in [0.25, 0.3) is 22.6 Å². The molecule has 0 radical (unpaired) electrons. The molecule has 28 heavy (non-hydrogen) atoms. The van der Waals surface area contributed by atoms with Crippen molar-refractivity contribution < 1.29 is 0 Å². The Kier molecular flexibility index (Phi) is 4.55. The molecular formula is C22H21ClN4O. The van der Waals surface area contributed by atoms with Crippen LogP contribution in [0.5, 0.6) is 0 Å². The fraction of sp³-hybridized carbons (Fsp3) is 0.227. The summed E-state index contributed by atoms with van der Waals surface area (Å²) in [4.78, 5) is 24.4. The average Bonchev–Trinajstić information content (AvgIpc) is 3.05. The van der Waals surface area contributed by atoms with E-state index < -0.39 is 0 Å². The topological polar surface area (TPSA) is 63.6 Å². The van der Waals surface area contributed by atoms with Crippen LogP contribution in [-0.4, -0.2) is 19.5 Å². The van der Waals surface area contributed by atoms with Crippen molar-refractivity contribution in [1.29, 1.82) is 0 Å². The van der Waals surface area contributed by atoms with Crippen LogP contribution in [0.15, 0.2) is 59.7 Å². The average molecular weight is 393 g/mol. The third kappa shape index (κ3) is 3.58. The quantitative estimate of drug-likeness (QED) is 0.545. The van der Waals surface area contributed by atoms with Gasteiger partial charge in [-0.25, -0.2) is 9.97 Å². The molecule has 0 spiro atoms. The van der Waals surface area contributed by atoms with Gasteiger partial charge in [0.2, 0.25) is 0 Å². The van der Waals surface area contributed by atoms with Gasteiger partial charge in [-0.1, -0.05) is 68.8 Å². The van der Waals surface area contributed by atoms with Crippen molar-refractivity contribution in [3.8, 4) is 11.4 Å². The van der Waals surface area contributed by atoms with E-state index in [0.717, 1.165) is 11.1 Å². The minimum Gasteiger partial charge on any atom is -0.320 e. The highest BCUT2D eigenvalue weighted by Gasteiger charge is 2.14. The summed E-state index contributed by atoms with van der Waals surface area (Å²) in [7, 11) is 0. The zero-order chi connectivity index (χ0) is 19.9. The Morgan fingerprint density at radius 3 is 2.54 bits per heavy atom. The molecule has 2 aromatic heterocycles. The second-order valence-electron chi connectivity index (χ2n) is 7.92. The number of halogens is 1.